The maximum atomic E-state index is 5.97. The maximum absolute atomic E-state index is 5.97. The summed E-state index contributed by atoms with van der Waals surface area (Å²) in [6.45, 7) is 6.51. The maximum Gasteiger partial charge on any atom is 0.123 e. The average molecular weight is 285 g/mol. The fraction of sp³-hybridized carbons (Fsp3) is 0.471. The van der Waals surface area contributed by atoms with E-state index in [1.807, 2.05) is 19.3 Å². The Bertz CT molecular complexity index is 602. The molecule has 0 atom stereocenters. The molecule has 1 fully saturated rings. The van der Waals surface area contributed by atoms with Gasteiger partial charge < -0.3 is 14.6 Å². The number of rotatable bonds is 7. The quantitative estimate of drug-likeness (QED) is 0.850. The summed E-state index contributed by atoms with van der Waals surface area (Å²) >= 11 is 0. The van der Waals surface area contributed by atoms with Crippen LogP contribution in [-0.2, 0) is 13.1 Å². The lowest BCUT2D eigenvalue weighted by Crippen LogP contribution is -2.16. The first-order chi connectivity index (χ1) is 10.2. The van der Waals surface area contributed by atoms with Crippen LogP contribution in [0.4, 0.5) is 0 Å². The third-order valence-corrected chi connectivity index (χ3v) is 4.07. The van der Waals surface area contributed by atoms with Gasteiger partial charge in [-0.15, -0.1) is 0 Å². The van der Waals surface area contributed by atoms with Crippen LogP contribution in [0.2, 0.25) is 0 Å². The molecule has 0 aliphatic heterocycles. The van der Waals surface area contributed by atoms with E-state index < -0.39 is 0 Å². The van der Waals surface area contributed by atoms with Crippen molar-refractivity contribution < 1.29 is 4.74 Å². The number of aryl methyl sites for hydroxylation is 1. The second-order valence-electron chi connectivity index (χ2n) is 5.72. The molecule has 0 spiro atoms. The van der Waals surface area contributed by atoms with Crippen LogP contribution >= 0.6 is 0 Å². The largest absolute Gasteiger partial charge is 0.491 e. The van der Waals surface area contributed by atoms with Crippen LogP contribution in [-0.4, -0.2) is 22.2 Å². The summed E-state index contributed by atoms with van der Waals surface area (Å²) in [5.74, 6) is 0.986. The Hall–Kier alpha value is -1.81. The summed E-state index contributed by atoms with van der Waals surface area (Å²) in [7, 11) is 0. The standard InChI is InChI=1S/C17H23N3O/c1-13-14(2)20(12-19-13)9-10-21-17-6-4-3-5-15(17)11-18-16-7-8-16/h3-6,12,16,18H,7-11H2,1-2H3. The Balaban J connectivity index is 1.55. The van der Waals surface area contributed by atoms with Crippen molar-refractivity contribution in [3.8, 4) is 5.75 Å². The third kappa shape index (κ3) is 3.64. The summed E-state index contributed by atoms with van der Waals surface area (Å²) in [6, 6.07) is 9.00. The Morgan fingerprint density at radius 2 is 2.10 bits per heavy atom. The van der Waals surface area contributed by atoms with Gasteiger partial charge in [0.15, 0.2) is 0 Å². The van der Waals surface area contributed by atoms with E-state index in [4.69, 9.17) is 4.74 Å². The molecule has 1 aromatic carbocycles. The molecule has 1 N–H and O–H groups in total. The van der Waals surface area contributed by atoms with Gasteiger partial charge in [0.25, 0.3) is 0 Å². The van der Waals surface area contributed by atoms with E-state index in [1.54, 1.807) is 0 Å². The number of para-hydroxylation sites is 1. The first kappa shape index (κ1) is 14.1. The van der Waals surface area contributed by atoms with Gasteiger partial charge in [-0.3, -0.25) is 0 Å². The summed E-state index contributed by atoms with van der Waals surface area (Å²) in [5, 5.41) is 3.54. The van der Waals surface area contributed by atoms with Crippen LogP contribution in [0.1, 0.15) is 29.8 Å². The molecule has 1 heterocycles. The van der Waals surface area contributed by atoms with E-state index in [1.165, 1.54) is 24.1 Å². The average Bonchev–Trinajstić information content (AvgIpc) is 3.27. The van der Waals surface area contributed by atoms with Gasteiger partial charge in [-0.25, -0.2) is 4.98 Å². The van der Waals surface area contributed by atoms with E-state index in [0.717, 1.165) is 30.6 Å². The monoisotopic (exact) mass is 285 g/mol. The molecule has 4 heteroatoms. The van der Waals surface area contributed by atoms with Crippen molar-refractivity contribution in [2.75, 3.05) is 6.61 Å². The summed E-state index contributed by atoms with van der Waals surface area (Å²) in [5.41, 5.74) is 3.54. The molecule has 4 nitrogen and oxygen atoms in total. The molecule has 21 heavy (non-hydrogen) atoms. The van der Waals surface area contributed by atoms with Crippen molar-refractivity contribution >= 4 is 0 Å². The van der Waals surface area contributed by atoms with Crippen LogP contribution in [0.5, 0.6) is 5.75 Å². The zero-order chi connectivity index (χ0) is 14.7. The molecule has 0 unspecified atom stereocenters. The lowest BCUT2D eigenvalue weighted by atomic mass is 10.2. The Morgan fingerprint density at radius 3 is 2.81 bits per heavy atom. The van der Waals surface area contributed by atoms with Crippen LogP contribution < -0.4 is 10.1 Å². The van der Waals surface area contributed by atoms with Crippen molar-refractivity contribution in [3.63, 3.8) is 0 Å². The molecule has 0 saturated heterocycles. The molecular formula is C17H23N3O. The Labute approximate surface area is 126 Å². The highest BCUT2D eigenvalue weighted by atomic mass is 16.5. The van der Waals surface area contributed by atoms with E-state index in [0.29, 0.717) is 6.61 Å². The number of aromatic nitrogens is 2. The molecule has 1 saturated carbocycles. The van der Waals surface area contributed by atoms with Crippen LogP contribution in [0.25, 0.3) is 0 Å². The minimum absolute atomic E-state index is 0.664. The predicted molar refractivity (Wildman–Crippen MR) is 83.5 cm³/mol. The van der Waals surface area contributed by atoms with Gasteiger partial charge >= 0.3 is 0 Å². The van der Waals surface area contributed by atoms with Crippen LogP contribution in [0, 0.1) is 13.8 Å². The van der Waals surface area contributed by atoms with Gasteiger partial charge in [0.2, 0.25) is 0 Å². The molecule has 3 rings (SSSR count). The van der Waals surface area contributed by atoms with Crippen molar-refractivity contribution in [2.45, 2.75) is 45.8 Å². The lowest BCUT2D eigenvalue weighted by Gasteiger charge is -2.13. The SMILES string of the molecule is Cc1ncn(CCOc2ccccc2CNC2CC2)c1C. The van der Waals surface area contributed by atoms with E-state index in [2.05, 4.69) is 40.0 Å². The third-order valence-electron chi connectivity index (χ3n) is 4.07. The molecule has 1 aliphatic carbocycles. The fourth-order valence-corrected chi connectivity index (χ4v) is 2.36. The van der Waals surface area contributed by atoms with Crippen molar-refractivity contribution in [1.29, 1.82) is 0 Å². The molecule has 1 aliphatic rings. The topological polar surface area (TPSA) is 39.1 Å². The van der Waals surface area contributed by atoms with Gasteiger partial charge in [0, 0.05) is 23.8 Å². The minimum atomic E-state index is 0.664. The summed E-state index contributed by atoms with van der Waals surface area (Å²) < 4.78 is 8.11. The highest BCUT2D eigenvalue weighted by Crippen LogP contribution is 2.22. The molecule has 0 radical (unpaired) electrons. The molecular weight excluding hydrogens is 262 g/mol. The van der Waals surface area contributed by atoms with Crippen LogP contribution in [0.3, 0.4) is 0 Å². The van der Waals surface area contributed by atoms with Crippen LogP contribution in [0.15, 0.2) is 30.6 Å². The zero-order valence-corrected chi connectivity index (χ0v) is 12.8. The van der Waals surface area contributed by atoms with Gasteiger partial charge in [0.1, 0.15) is 12.4 Å². The zero-order valence-electron chi connectivity index (χ0n) is 12.8. The Kier molecular flexibility index (Phi) is 4.25. The second kappa shape index (κ2) is 6.31. The molecule has 0 amide bonds. The number of nitrogens with zero attached hydrogens (tertiary/aromatic N) is 2. The van der Waals surface area contributed by atoms with E-state index in [9.17, 15) is 0 Å². The first-order valence-electron chi connectivity index (χ1n) is 7.66. The van der Waals surface area contributed by atoms with Crippen molar-refractivity contribution in [1.82, 2.24) is 14.9 Å². The number of nitrogens with one attached hydrogen (secondary N) is 1. The number of imidazole rings is 1. The van der Waals surface area contributed by atoms with E-state index in [-0.39, 0.29) is 0 Å². The van der Waals surface area contributed by atoms with E-state index >= 15 is 0 Å². The smallest absolute Gasteiger partial charge is 0.123 e. The predicted octanol–water partition coefficient (Wildman–Crippen LogP) is 2.83. The lowest BCUT2D eigenvalue weighted by molar-refractivity contribution is 0.293. The van der Waals surface area contributed by atoms with Crippen molar-refractivity contribution in [2.24, 2.45) is 0 Å². The summed E-state index contributed by atoms with van der Waals surface area (Å²) in [4.78, 5) is 4.31. The number of benzene rings is 1. The number of ether oxygens (including phenoxy) is 1. The fourth-order valence-electron chi connectivity index (χ4n) is 2.36. The molecule has 2 aromatic rings. The highest BCUT2D eigenvalue weighted by molar-refractivity contribution is 5.33. The summed E-state index contributed by atoms with van der Waals surface area (Å²) in [6.07, 6.45) is 4.50. The number of hydrogen-bond acceptors (Lipinski definition) is 3. The molecule has 1 aromatic heterocycles. The molecule has 112 valence electrons. The number of hydrogen-bond donors (Lipinski definition) is 1. The highest BCUT2D eigenvalue weighted by Gasteiger charge is 2.20. The normalized spacial score (nSPS) is 14.4. The first-order valence-corrected chi connectivity index (χ1v) is 7.66. The van der Waals surface area contributed by atoms with Gasteiger partial charge in [-0.1, -0.05) is 18.2 Å². The second-order valence-corrected chi connectivity index (χ2v) is 5.72. The van der Waals surface area contributed by atoms with Gasteiger partial charge in [0.05, 0.1) is 18.6 Å². The Morgan fingerprint density at radius 1 is 1.29 bits per heavy atom. The molecule has 0 bridgehead atoms. The van der Waals surface area contributed by atoms with Gasteiger partial charge in [-0.2, -0.15) is 0 Å². The minimum Gasteiger partial charge on any atom is -0.491 e. The van der Waals surface area contributed by atoms with Crippen molar-refractivity contribution in [3.05, 3.63) is 47.5 Å². The van der Waals surface area contributed by atoms with Gasteiger partial charge in [-0.05, 0) is 32.8 Å².